The number of ketones is 1. The van der Waals surface area contributed by atoms with Crippen molar-refractivity contribution in [3.63, 3.8) is 0 Å². The van der Waals surface area contributed by atoms with E-state index in [0.717, 1.165) is 6.20 Å². The van der Waals surface area contributed by atoms with E-state index in [4.69, 9.17) is 0 Å². The number of alkyl halides is 3. The summed E-state index contributed by atoms with van der Waals surface area (Å²) in [4.78, 5) is 11.0. The highest BCUT2D eigenvalue weighted by atomic mass is 19.4. The zero-order valence-corrected chi connectivity index (χ0v) is 7.32. The lowest BCUT2D eigenvalue weighted by Gasteiger charge is -2.02. The number of halogens is 3. The lowest BCUT2D eigenvalue weighted by atomic mass is 10.2. The lowest BCUT2D eigenvalue weighted by Crippen LogP contribution is -2.22. The molecule has 2 aromatic rings. The van der Waals surface area contributed by atoms with Crippen LogP contribution in [-0.4, -0.2) is 21.6 Å². The highest BCUT2D eigenvalue weighted by molar-refractivity contribution is 6.05. The summed E-state index contributed by atoms with van der Waals surface area (Å²) >= 11 is 0. The first-order chi connectivity index (χ1) is 7.00. The molecule has 2 aromatic heterocycles. The summed E-state index contributed by atoms with van der Waals surface area (Å²) in [6.07, 6.45) is -2.47. The van der Waals surface area contributed by atoms with Crippen molar-refractivity contribution >= 4 is 11.3 Å². The first-order valence-electron chi connectivity index (χ1n) is 4.04. The maximum atomic E-state index is 12.2. The molecule has 0 fully saturated rings. The Hall–Kier alpha value is -1.85. The van der Waals surface area contributed by atoms with Crippen LogP contribution in [0.5, 0.6) is 0 Å². The van der Waals surface area contributed by atoms with Crippen molar-refractivity contribution < 1.29 is 18.0 Å². The van der Waals surface area contributed by atoms with Gasteiger partial charge in [-0.3, -0.25) is 4.79 Å². The van der Waals surface area contributed by atoms with Gasteiger partial charge in [0.25, 0.3) is 5.78 Å². The van der Waals surface area contributed by atoms with Crippen molar-refractivity contribution in [2.24, 2.45) is 0 Å². The Balaban J connectivity index is 2.58. The average Bonchev–Trinajstić information content (AvgIpc) is 2.58. The SMILES string of the molecule is O=C(c1cnn2ccccc12)C(F)(F)F. The third kappa shape index (κ3) is 1.58. The molecule has 0 N–H and O–H groups in total. The van der Waals surface area contributed by atoms with Gasteiger partial charge in [-0.05, 0) is 12.1 Å². The molecule has 2 heterocycles. The molecular weight excluding hydrogens is 209 g/mol. The Kier molecular flexibility index (Phi) is 1.99. The van der Waals surface area contributed by atoms with Gasteiger partial charge in [-0.25, -0.2) is 4.52 Å². The van der Waals surface area contributed by atoms with Crippen molar-refractivity contribution in [3.05, 3.63) is 36.2 Å². The molecule has 0 aliphatic heterocycles. The van der Waals surface area contributed by atoms with E-state index < -0.39 is 17.5 Å². The van der Waals surface area contributed by atoms with E-state index in [9.17, 15) is 18.0 Å². The van der Waals surface area contributed by atoms with Gasteiger partial charge in [-0.2, -0.15) is 18.3 Å². The van der Waals surface area contributed by atoms with E-state index in [-0.39, 0.29) is 5.52 Å². The summed E-state index contributed by atoms with van der Waals surface area (Å²) in [5.41, 5.74) is -0.275. The number of carbonyl (C=O) groups is 1. The van der Waals surface area contributed by atoms with Crippen LogP contribution in [0.1, 0.15) is 10.4 Å². The Morgan fingerprint density at radius 2 is 2.07 bits per heavy atom. The number of hydrogen-bond acceptors (Lipinski definition) is 2. The Bertz CT molecular complexity index is 515. The molecule has 2 rings (SSSR count). The third-order valence-corrected chi connectivity index (χ3v) is 1.93. The second-order valence-corrected chi connectivity index (χ2v) is 2.92. The summed E-state index contributed by atoms with van der Waals surface area (Å²) in [5.74, 6) is -1.87. The van der Waals surface area contributed by atoms with Crippen LogP contribution < -0.4 is 0 Å². The van der Waals surface area contributed by atoms with Crippen LogP contribution in [0.2, 0.25) is 0 Å². The minimum Gasteiger partial charge on any atom is -0.284 e. The van der Waals surface area contributed by atoms with Crippen LogP contribution in [0, 0.1) is 0 Å². The molecule has 0 spiro atoms. The number of hydrogen-bond donors (Lipinski definition) is 0. The fourth-order valence-electron chi connectivity index (χ4n) is 1.26. The zero-order valence-electron chi connectivity index (χ0n) is 7.32. The van der Waals surface area contributed by atoms with Crippen LogP contribution >= 0.6 is 0 Å². The summed E-state index contributed by atoms with van der Waals surface area (Å²) in [6.45, 7) is 0. The number of fused-ring (bicyclic) bond motifs is 1. The summed E-state index contributed by atoms with van der Waals surface area (Å²) in [6, 6.07) is 4.57. The van der Waals surface area contributed by atoms with E-state index >= 15 is 0 Å². The van der Waals surface area contributed by atoms with Crippen molar-refractivity contribution in [1.82, 2.24) is 9.61 Å². The number of pyridine rings is 1. The second kappa shape index (κ2) is 3.08. The molecule has 6 heteroatoms. The standard InChI is InChI=1S/C9H5F3N2O/c10-9(11,12)8(15)6-5-13-14-4-2-1-3-7(6)14/h1-5H. The van der Waals surface area contributed by atoms with E-state index in [1.165, 1.54) is 16.8 Å². The summed E-state index contributed by atoms with van der Waals surface area (Å²) in [7, 11) is 0. The fraction of sp³-hybridized carbons (Fsp3) is 0.111. The number of Topliss-reactive ketones (excluding diaryl/α,β-unsaturated/α-hetero) is 1. The van der Waals surface area contributed by atoms with Gasteiger partial charge in [-0.15, -0.1) is 0 Å². The van der Waals surface area contributed by atoms with Crippen molar-refractivity contribution in [2.75, 3.05) is 0 Å². The highest BCUT2D eigenvalue weighted by Crippen LogP contribution is 2.23. The van der Waals surface area contributed by atoms with Crippen molar-refractivity contribution in [3.8, 4) is 0 Å². The molecule has 0 radical (unpaired) electrons. The Morgan fingerprint density at radius 3 is 2.73 bits per heavy atom. The van der Waals surface area contributed by atoms with Crippen LogP contribution in [0.15, 0.2) is 30.6 Å². The zero-order chi connectivity index (χ0) is 11.1. The van der Waals surface area contributed by atoms with Gasteiger partial charge in [-0.1, -0.05) is 6.07 Å². The molecule has 15 heavy (non-hydrogen) atoms. The van der Waals surface area contributed by atoms with E-state index in [2.05, 4.69) is 5.10 Å². The first kappa shape index (κ1) is 9.70. The van der Waals surface area contributed by atoms with Crippen LogP contribution in [0.25, 0.3) is 5.52 Å². The van der Waals surface area contributed by atoms with Crippen LogP contribution in [0.4, 0.5) is 13.2 Å². The molecule has 0 aliphatic rings. The van der Waals surface area contributed by atoms with Gasteiger partial charge in [0.15, 0.2) is 0 Å². The molecular formula is C9H5F3N2O. The molecule has 3 nitrogen and oxygen atoms in total. The topological polar surface area (TPSA) is 34.4 Å². The molecule has 0 aromatic carbocycles. The maximum absolute atomic E-state index is 12.2. The smallest absolute Gasteiger partial charge is 0.284 e. The molecule has 0 amide bonds. The van der Waals surface area contributed by atoms with Gasteiger partial charge in [0.2, 0.25) is 0 Å². The quantitative estimate of drug-likeness (QED) is 0.681. The van der Waals surface area contributed by atoms with Gasteiger partial charge in [0, 0.05) is 6.20 Å². The van der Waals surface area contributed by atoms with Gasteiger partial charge < -0.3 is 0 Å². The first-order valence-corrected chi connectivity index (χ1v) is 4.04. The number of aromatic nitrogens is 2. The lowest BCUT2D eigenvalue weighted by molar-refractivity contribution is -0.0884. The molecule has 78 valence electrons. The highest BCUT2D eigenvalue weighted by Gasteiger charge is 2.40. The fourth-order valence-corrected chi connectivity index (χ4v) is 1.26. The molecule has 0 saturated heterocycles. The number of rotatable bonds is 1. The maximum Gasteiger partial charge on any atom is 0.455 e. The van der Waals surface area contributed by atoms with E-state index in [1.807, 2.05) is 0 Å². The minimum atomic E-state index is -4.86. The third-order valence-electron chi connectivity index (χ3n) is 1.93. The monoisotopic (exact) mass is 214 g/mol. The minimum absolute atomic E-state index is 0.153. The summed E-state index contributed by atoms with van der Waals surface area (Å²) in [5, 5.41) is 3.65. The van der Waals surface area contributed by atoms with Gasteiger partial charge in [0.05, 0.1) is 17.3 Å². The second-order valence-electron chi connectivity index (χ2n) is 2.92. The van der Waals surface area contributed by atoms with Gasteiger partial charge in [0.1, 0.15) is 0 Å². The van der Waals surface area contributed by atoms with Crippen molar-refractivity contribution in [1.29, 1.82) is 0 Å². The molecule has 0 unspecified atom stereocenters. The average molecular weight is 214 g/mol. The molecule has 0 saturated carbocycles. The molecule has 0 bridgehead atoms. The number of nitrogens with zero attached hydrogens (tertiary/aromatic N) is 2. The summed E-state index contributed by atoms with van der Waals surface area (Å²) < 4.78 is 37.7. The van der Waals surface area contributed by atoms with E-state index in [1.54, 1.807) is 12.1 Å². The predicted molar refractivity (Wildman–Crippen MR) is 45.6 cm³/mol. The largest absolute Gasteiger partial charge is 0.455 e. The van der Waals surface area contributed by atoms with E-state index in [0.29, 0.717) is 0 Å². The van der Waals surface area contributed by atoms with Crippen LogP contribution in [-0.2, 0) is 0 Å². The predicted octanol–water partition coefficient (Wildman–Crippen LogP) is 2.08. The van der Waals surface area contributed by atoms with Crippen LogP contribution in [0.3, 0.4) is 0 Å². The Labute approximate surface area is 82.1 Å². The normalized spacial score (nSPS) is 11.9. The van der Waals surface area contributed by atoms with Crippen molar-refractivity contribution in [2.45, 2.75) is 6.18 Å². The number of carbonyl (C=O) groups excluding carboxylic acids is 1. The van der Waals surface area contributed by atoms with Gasteiger partial charge >= 0.3 is 6.18 Å². The Morgan fingerprint density at radius 1 is 1.33 bits per heavy atom. The molecule has 0 aliphatic carbocycles. The molecule has 0 atom stereocenters.